The fraction of sp³-hybridized carbons (Fsp3) is 0.190. The third-order valence-electron chi connectivity index (χ3n) is 4.67. The van der Waals surface area contributed by atoms with E-state index in [2.05, 4.69) is 31.7 Å². The topological polar surface area (TPSA) is 84.2 Å². The van der Waals surface area contributed by atoms with Crippen molar-refractivity contribution in [3.63, 3.8) is 0 Å². The smallest absolute Gasteiger partial charge is 0.274 e. The average Bonchev–Trinajstić information content (AvgIpc) is 3.09. The maximum atomic E-state index is 12.5. The zero-order valence-corrected chi connectivity index (χ0v) is 16.5. The number of hydrogen-bond acceptors (Lipinski definition) is 4. The van der Waals surface area contributed by atoms with Crippen molar-refractivity contribution >= 4 is 33.4 Å². The van der Waals surface area contributed by atoms with Crippen LogP contribution in [0.5, 0.6) is 0 Å². The highest BCUT2D eigenvalue weighted by Gasteiger charge is 2.26. The number of fused-ring (bicyclic) bond motifs is 1. The third-order valence-corrected chi connectivity index (χ3v) is 5.16. The van der Waals surface area contributed by atoms with Crippen LogP contribution in [0.1, 0.15) is 33.8 Å². The quantitative estimate of drug-likeness (QED) is 0.648. The van der Waals surface area contributed by atoms with Gasteiger partial charge in [0.25, 0.3) is 5.91 Å². The van der Waals surface area contributed by atoms with Crippen LogP contribution in [0.3, 0.4) is 0 Å². The molecule has 1 unspecified atom stereocenters. The molecule has 2 amide bonds. The van der Waals surface area contributed by atoms with Crippen molar-refractivity contribution in [1.29, 1.82) is 0 Å². The van der Waals surface area contributed by atoms with E-state index in [1.807, 2.05) is 48.5 Å². The van der Waals surface area contributed by atoms with Gasteiger partial charge in [0.05, 0.1) is 0 Å². The number of nitrogens with zero attached hydrogens (tertiary/aromatic N) is 1. The van der Waals surface area contributed by atoms with E-state index in [0.717, 1.165) is 21.3 Å². The number of carbonyl (C=O) groups excluding carboxylic acids is 2. The summed E-state index contributed by atoms with van der Waals surface area (Å²) >= 11 is 3.41. The van der Waals surface area contributed by atoms with Gasteiger partial charge in [0.2, 0.25) is 5.91 Å². The average molecular weight is 440 g/mol. The molecule has 7 heteroatoms. The number of anilines is 1. The van der Waals surface area contributed by atoms with Crippen molar-refractivity contribution in [2.45, 2.75) is 25.3 Å². The number of carbonyl (C=O) groups is 2. The molecule has 2 N–H and O–H groups in total. The number of aromatic nitrogens is 1. The maximum Gasteiger partial charge on any atom is 0.274 e. The van der Waals surface area contributed by atoms with Crippen LogP contribution in [0.15, 0.2) is 63.6 Å². The second-order valence-electron chi connectivity index (χ2n) is 6.70. The summed E-state index contributed by atoms with van der Waals surface area (Å²) in [6, 6.07) is 16.5. The molecule has 3 aromatic rings. The minimum absolute atomic E-state index is 0.170. The zero-order chi connectivity index (χ0) is 19.5. The Morgan fingerprint density at radius 1 is 1.21 bits per heavy atom. The number of hydrogen-bond donors (Lipinski definition) is 2. The molecular formula is C21H18BrN3O3. The molecule has 28 heavy (non-hydrogen) atoms. The van der Waals surface area contributed by atoms with Crippen molar-refractivity contribution in [2.24, 2.45) is 0 Å². The van der Waals surface area contributed by atoms with Crippen LogP contribution in [-0.2, 0) is 17.6 Å². The van der Waals surface area contributed by atoms with Gasteiger partial charge in [-0.25, -0.2) is 0 Å². The van der Waals surface area contributed by atoms with Gasteiger partial charge in [-0.3, -0.25) is 9.59 Å². The summed E-state index contributed by atoms with van der Waals surface area (Å²) in [5.74, 6) is -0.0625. The Balaban J connectivity index is 1.42. The van der Waals surface area contributed by atoms with Crippen LogP contribution < -0.4 is 10.6 Å². The molecule has 0 saturated heterocycles. The summed E-state index contributed by atoms with van der Waals surface area (Å²) < 4.78 is 6.17. The molecule has 0 saturated carbocycles. The van der Waals surface area contributed by atoms with Crippen LogP contribution >= 0.6 is 15.9 Å². The van der Waals surface area contributed by atoms with Crippen molar-refractivity contribution in [2.75, 3.05) is 5.32 Å². The third kappa shape index (κ3) is 4.14. The Kier molecular flexibility index (Phi) is 5.25. The molecule has 0 bridgehead atoms. The SMILES string of the molecule is O=C(NC1CCc2ccc(Br)cc2NC1=O)c1cc(Cc2ccccc2)on1. The highest BCUT2D eigenvalue weighted by Crippen LogP contribution is 2.26. The first kappa shape index (κ1) is 18.4. The van der Waals surface area contributed by atoms with E-state index in [1.54, 1.807) is 6.07 Å². The molecule has 4 rings (SSSR count). The lowest BCUT2D eigenvalue weighted by molar-refractivity contribution is -0.118. The molecule has 1 atom stereocenters. The minimum atomic E-state index is -0.632. The first-order valence-corrected chi connectivity index (χ1v) is 9.77. The van der Waals surface area contributed by atoms with E-state index in [9.17, 15) is 9.59 Å². The molecule has 0 aliphatic carbocycles. The van der Waals surface area contributed by atoms with E-state index in [-0.39, 0.29) is 11.6 Å². The van der Waals surface area contributed by atoms with Crippen LogP contribution in [0.4, 0.5) is 5.69 Å². The summed E-state index contributed by atoms with van der Waals surface area (Å²) in [7, 11) is 0. The van der Waals surface area contributed by atoms with Gasteiger partial charge >= 0.3 is 0 Å². The lowest BCUT2D eigenvalue weighted by Gasteiger charge is -2.14. The highest BCUT2D eigenvalue weighted by atomic mass is 79.9. The predicted octanol–water partition coefficient (Wildman–Crippen LogP) is 3.71. The molecule has 0 radical (unpaired) electrons. The van der Waals surface area contributed by atoms with Gasteiger partial charge in [-0.2, -0.15) is 0 Å². The van der Waals surface area contributed by atoms with Crippen LogP contribution in [0, 0.1) is 0 Å². The molecule has 142 valence electrons. The fourth-order valence-electron chi connectivity index (χ4n) is 3.20. The zero-order valence-electron chi connectivity index (χ0n) is 14.9. The maximum absolute atomic E-state index is 12.5. The number of rotatable bonds is 4. The standard InChI is InChI=1S/C21H18BrN3O3/c22-15-8-6-14-7-9-17(20(26)24-18(14)11-15)23-21(27)19-12-16(28-25-19)10-13-4-2-1-3-5-13/h1-6,8,11-12,17H,7,9-10H2,(H,23,27)(H,24,26). The van der Waals surface area contributed by atoms with Gasteiger partial charge in [0.15, 0.2) is 5.69 Å². The summed E-state index contributed by atoms with van der Waals surface area (Å²) in [4.78, 5) is 25.1. The van der Waals surface area contributed by atoms with Crippen molar-refractivity contribution in [3.8, 4) is 0 Å². The molecule has 1 aliphatic heterocycles. The molecular weight excluding hydrogens is 422 g/mol. The lowest BCUT2D eigenvalue weighted by Crippen LogP contribution is -2.43. The Morgan fingerprint density at radius 2 is 2.04 bits per heavy atom. The lowest BCUT2D eigenvalue weighted by atomic mass is 10.1. The minimum Gasteiger partial charge on any atom is -0.360 e. The molecule has 0 fully saturated rings. The van der Waals surface area contributed by atoms with E-state index >= 15 is 0 Å². The summed E-state index contributed by atoms with van der Waals surface area (Å²) in [5.41, 5.74) is 3.04. The van der Waals surface area contributed by atoms with E-state index in [0.29, 0.717) is 25.0 Å². The predicted molar refractivity (Wildman–Crippen MR) is 108 cm³/mol. The Hall–Kier alpha value is -2.93. The normalized spacial score (nSPS) is 16.0. The van der Waals surface area contributed by atoms with Crippen molar-refractivity contribution in [1.82, 2.24) is 10.5 Å². The van der Waals surface area contributed by atoms with Gasteiger partial charge in [-0.1, -0.05) is 57.5 Å². The summed E-state index contributed by atoms with van der Waals surface area (Å²) in [5, 5.41) is 9.50. The van der Waals surface area contributed by atoms with Gasteiger partial charge in [-0.05, 0) is 36.1 Å². The molecule has 6 nitrogen and oxygen atoms in total. The van der Waals surface area contributed by atoms with Crippen LogP contribution in [0.25, 0.3) is 0 Å². The van der Waals surface area contributed by atoms with Gasteiger partial charge in [-0.15, -0.1) is 0 Å². The number of aryl methyl sites for hydroxylation is 1. The van der Waals surface area contributed by atoms with Gasteiger partial charge in [0, 0.05) is 22.6 Å². The monoisotopic (exact) mass is 439 g/mol. The van der Waals surface area contributed by atoms with Crippen LogP contribution in [-0.4, -0.2) is 23.0 Å². The van der Waals surface area contributed by atoms with Crippen molar-refractivity contribution in [3.05, 3.63) is 81.7 Å². The number of nitrogens with one attached hydrogen (secondary N) is 2. The van der Waals surface area contributed by atoms with Gasteiger partial charge < -0.3 is 15.2 Å². The Bertz CT molecular complexity index is 1020. The van der Waals surface area contributed by atoms with E-state index in [1.165, 1.54) is 0 Å². The molecule has 2 heterocycles. The number of benzene rings is 2. The van der Waals surface area contributed by atoms with E-state index < -0.39 is 11.9 Å². The number of amides is 2. The Labute approximate surface area is 170 Å². The highest BCUT2D eigenvalue weighted by molar-refractivity contribution is 9.10. The van der Waals surface area contributed by atoms with E-state index in [4.69, 9.17) is 4.52 Å². The largest absolute Gasteiger partial charge is 0.360 e. The second kappa shape index (κ2) is 7.98. The number of halogens is 1. The molecule has 1 aromatic heterocycles. The first-order valence-electron chi connectivity index (χ1n) is 8.98. The van der Waals surface area contributed by atoms with Crippen molar-refractivity contribution < 1.29 is 14.1 Å². The summed E-state index contributed by atoms with van der Waals surface area (Å²) in [6.07, 6.45) is 1.75. The van der Waals surface area contributed by atoms with Gasteiger partial charge in [0.1, 0.15) is 11.8 Å². The molecule has 1 aliphatic rings. The Morgan fingerprint density at radius 3 is 2.86 bits per heavy atom. The first-order chi connectivity index (χ1) is 13.6. The summed E-state index contributed by atoms with van der Waals surface area (Å²) in [6.45, 7) is 0. The fourth-order valence-corrected chi connectivity index (χ4v) is 3.57. The molecule has 2 aromatic carbocycles. The second-order valence-corrected chi connectivity index (χ2v) is 7.61. The van der Waals surface area contributed by atoms with Crippen LogP contribution in [0.2, 0.25) is 0 Å². The molecule has 0 spiro atoms.